The van der Waals surface area contributed by atoms with Crippen LogP contribution in [0.3, 0.4) is 0 Å². The molecule has 3 rings (SSSR count). The highest BCUT2D eigenvalue weighted by atomic mass is 79.9. The monoisotopic (exact) mass is 498 g/mol. The molecule has 1 fully saturated rings. The van der Waals surface area contributed by atoms with Gasteiger partial charge in [-0.3, -0.25) is 0 Å². The first-order valence-corrected chi connectivity index (χ1v) is 14.6. The summed E-state index contributed by atoms with van der Waals surface area (Å²) in [5.41, 5.74) is 0.400. The molecule has 31 heavy (non-hydrogen) atoms. The third-order valence-electron chi connectivity index (χ3n) is 8.00. The van der Waals surface area contributed by atoms with Crippen LogP contribution in [0.2, 0.25) is 5.04 Å². The fourth-order valence-corrected chi connectivity index (χ4v) is 10.3. The van der Waals surface area contributed by atoms with Crippen molar-refractivity contribution in [2.75, 3.05) is 11.9 Å². The number of hydrogen-bond acceptors (Lipinski definition) is 1. The van der Waals surface area contributed by atoms with Crippen molar-refractivity contribution >= 4 is 34.6 Å². The van der Waals surface area contributed by atoms with Gasteiger partial charge in [-0.05, 0) is 45.0 Å². The van der Waals surface area contributed by atoms with Crippen LogP contribution in [0.1, 0.15) is 54.4 Å². The van der Waals surface area contributed by atoms with E-state index in [4.69, 9.17) is 4.43 Å². The minimum Gasteiger partial charge on any atom is -0.407 e. The second kappa shape index (κ2) is 9.37. The molecule has 1 aliphatic rings. The Labute approximate surface area is 199 Å². The second-order valence-electron chi connectivity index (χ2n) is 10.9. The van der Waals surface area contributed by atoms with Crippen LogP contribution >= 0.6 is 15.9 Å². The topological polar surface area (TPSA) is 9.23 Å². The fourth-order valence-electron chi connectivity index (χ4n) is 5.51. The van der Waals surface area contributed by atoms with Crippen molar-refractivity contribution in [2.24, 2.45) is 16.7 Å². The molecule has 0 bridgehead atoms. The Balaban J connectivity index is 2.00. The van der Waals surface area contributed by atoms with Crippen LogP contribution in [-0.2, 0) is 4.43 Å². The van der Waals surface area contributed by atoms with Gasteiger partial charge in [0.1, 0.15) is 0 Å². The Morgan fingerprint density at radius 3 is 1.94 bits per heavy atom. The van der Waals surface area contributed by atoms with E-state index in [-0.39, 0.29) is 15.9 Å². The van der Waals surface area contributed by atoms with E-state index in [9.17, 15) is 0 Å². The lowest BCUT2D eigenvalue weighted by Gasteiger charge is -2.45. The minimum absolute atomic E-state index is 0.0254. The van der Waals surface area contributed by atoms with Crippen molar-refractivity contribution < 1.29 is 4.43 Å². The maximum absolute atomic E-state index is 7.29. The van der Waals surface area contributed by atoms with Crippen LogP contribution in [0, 0.1) is 16.7 Å². The van der Waals surface area contributed by atoms with Crippen LogP contribution in [0.4, 0.5) is 0 Å². The molecule has 1 nitrogen and oxygen atoms in total. The van der Waals surface area contributed by atoms with Gasteiger partial charge >= 0.3 is 0 Å². The summed E-state index contributed by atoms with van der Waals surface area (Å²) in [6.07, 6.45) is 7.14. The van der Waals surface area contributed by atoms with Crippen molar-refractivity contribution in [3.8, 4) is 0 Å². The fraction of sp³-hybridized carbons (Fsp3) is 0.500. The Morgan fingerprint density at radius 1 is 0.968 bits per heavy atom. The molecule has 0 heterocycles. The lowest BCUT2D eigenvalue weighted by molar-refractivity contribution is 0.0912. The highest BCUT2D eigenvalue weighted by molar-refractivity contribution is 9.09. The molecular weight excluding hydrogens is 460 g/mol. The summed E-state index contributed by atoms with van der Waals surface area (Å²) in [6.45, 7) is 15.2. The highest BCUT2D eigenvalue weighted by Crippen LogP contribution is 2.57. The van der Waals surface area contributed by atoms with Gasteiger partial charge in [-0.2, -0.15) is 0 Å². The van der Waals surface area contributed by atoms with E-state index in [2.05, 4.69) is 130 Å². The molecule has 3 heteroatoms. The number of alkyl halides is 1. The number of halogens is 1. The van der Waals surface area contributed by atoms with E-state index in [1.165, 1.54) is 23.2 Å². The predicted octanol–water partition coefficient (Wildman–Crippen LogP) is 6.96. The molecule has 2 aromatic carbocycles. The van der Waals surface area contributed by atoms with Crippen molar-refractivity contribution in [3.63, 3.8) is 0 Å². The maximum atomic E-state index is 7.29. The van der Waals surface area contributed by atoms with Crippen molar-refractivity contribution in [3.05, 3.63) is 72.8 Å². The largest absolute Gasteiger partial charge is 0.407 e. The Kier molecular flexibility index (Phi) is 7.40. The predicted molar refractivity (Wildman–Crippen MR) is 141 cm³/mol. The first-order chi connectivity index (χ1) is 14.6. The molecule has 168 valence electrons. The first-order valence-electron chi connectivity index (χ1n) is 11.6. The first kappa shape index (κ1) is 24.5. The van der Waals surface area contributed by atoms with Gasteiger partial charge < -0.3 is 4.43 Å². The summed E-state index contributed by atoms with van der Waals surface area (Å²) >= 11 is 3.56. The molecule has 0 unspecified atom stereocenters. The molecule has 0 N–H and O–H groups in total. The zero-order valence-corrected chi connectivity index (χ0v) is 22.7. The number of benzene rings is 2. The quantitative estimate of drug-likeness (QED) is 0.227. The van der Waals surface area contributed by atoms with Crippen molar-refractivity contribution in [2.45, 2.75) is 59.4 Å². The van der Waals surface area contributed by atoms with Crippen molar-refractivity contribution in [1.29, 1.82) is 0 Å². The van der Waals surface area contributed by atoms with E-state index in [0.717, 1.165) is 11.9 Å². The summed E-state index contributed by atoms with van der Waals surface area (Å²) in [5, 5.41) is 3.68. The number of rotatable bonds is 7. The van der Waals surface area contributed by atoms with E-state index in [0.29, 0.717) is 5.92 Å². The molecule has 0 spiro atoms. The normalized spacial score (nSPS) is 24.0. The van der Waals surface area contributed by atoms with E-state index in [1.807, 2.05) is 0 Å². The van der Waals surface area contributed by atoms with Gasteiger partial charge in [-0.15, -0.1) is 0 Å². The third-order valence-corrected chi connectivity index (χ3v) is 13.4. The van der Waals surface area contributed by atoms with Crippen molar-refractivity contribution in [1.82, 2.24) is 0 Å². The van der Waals surface area contributed by atoms with Gasteiger partial charge in [0.05, 0.1) is 0 Å². The molecule has 2 atom stereocenters. The van der Waals surface area contributed by atoms with Crippen LogP contribution in [-0.4, -0.2) is 20.3 Å². The smallest absolute Gasteiger partial charge is 0.261 e. The van der Waals surface area contributed by atoms with Gasteiger partial charge in [0.15, 0.2) is 0 Å². The van der Waals surface area contributed by atoms with E-state index >= 15 is 0 Å². The summed E-state index contributed by atoms with van der Waals surface area (Å²) in [6, 6.07) is 22.0. The molecular formula is C28H39BrOSi. The molecule has 0 aromatic heterocycles. The molecule has 1 saturated carbocycles. The van der Waals surface area contributed by atoms with Gasteiger partial charge in [-0.25, -0.2) is 0 Å². The summed E-state index contributed by atoms with van der Waals surface area (Å²) in [7, 11) is -2.48. The zero-order valence-electron chi connectivity index (χ0n) is 20.1. The number of hydrogen-bond donors (Lipinski definition) is 0. The molecule has 2 aromatic rings. The van der Waals surface area contributed by atoms with Crippen LogP contribution < -0.4 is 10.4 Å². The Hall–Kier alpha value is -1.16. The average molecular weight is 500 g/mol. The summed E-state index contributed by atoms with van der Waals surface area (Å²) in [4.78, 5) is 0. The number of allylic oxidation sites excluding steroid dienone is 2. The SMILES string of the molecule is CC1(C)[C@H](CO[Si](c2ccccc2)(c2ccccc2)C(C)(C)C)CC[C@]1(C)C=CCBr. The van der Waals surface area contributed by atoms with Crippen LogP contribution in [0.25, 0.3) is 0 Å². The Morgan fingerprint density at radius 2 is 1.48 bits per heavy atom. The maximum Gasteiger partial charge on any atom is 0.261 e. The zero-order chi connectivity index (χ0) is 22.8. The van der Waals surface area contributed by atoms with Crippen LogP contribution in [0.15, 0.2) is 72.8 Å². The third kappa shape index (κ3) is 4.51. The molecule has 0 saturated heterocycles. The summed E-state index contributed by atoms with van der Waals surface area (Å²) < 4.78 is 7.29. The lowest BCUT2D eigenvalue weighted by atomic mass is 9.66. The van der Waals surface area contributed by atoms with Gasteiger partial charge in [0.25, 0.3) is 8.32 Å². The van der Waals surface area contributed by atoms with E-state index < -0.39 is 8.32 Å². The minimum atomic E-state index is -2.48. The molecule has 0 aliphatic heterocycles. The Bertz CT molecular complexity index is 829. The van der Waals surface area contributed by atoms with Gasteiger partial charge in [-0.1, -0.05) is 130 Å². The van der Waals surface area contributed by atoms with Gasteiger partial charge in [0.2, 0.25) is 0 Å². The van der Waals surface area contributed by atoms with Crippen LogP contribution in [0.5, 0.6) is 0 Å². The van der Waals surface area contributed by atoms with Gasteiger partial charge in [0, 0.05) is 11.9 Å². The lowest BCUT2D eigenvalue weighted by Crippen LogP contribution is -2.67. The van der Waals surface area contributed by atoms with E-state index in [1.54, 1.807) is 0 Å². The molecule has 0 amide bonds. The standard InChI is InChI=1S/C28H39BrOSi/c1-26(2,3)31(24-14-9-7-10-15-24,25-16-11-8-12-17-25)30-22-23-18-20-28(6,19-13-21-29)27(23,4)5/h7-17,19,23H,18,20-22H2,1-6H3/t23-,28-/m0/s1. The molecule has 1 aliphatic carbocycles. The second-order valence-corrected chi connectivity index (χ2v) is 15.9. The summed E-state index contributed by atoms with van der Waals surface area (Å²) in [5.74, 6) is 0.541. The average Bonchev–Trinajstić information content (AvgIpc) is 2.97. The molecule has 0 radical (unpaired) electrons. The highest BCUT2D eigenvalue weighted by Gasteiger charge is 2.54.